The van der Waals surface area contributed by atoms with Crippen LogP contribution < -0.4 is 0 Å². The molecule has 9 heavy (non-hydrogen) atoms. The zero-order valence-electron chi connectivity index (χ0n) is 5.84. The zero-order valence-corrected chi connectivity index (χ0v) is 12.6. The van der Waals surface area contributed by atoms with E-state index < -0.39 is 11.7 Å². The van der Waals surface area contributed by atoms with Gasteiger partial charge in [-0.2, -0.15) is 0 Å². The van der Waals surface area contributed by atoms with Gasteiger partial charge in [0.15, 0.2) is 6.46 Å². The summed E-state index contributed by atoms with van der Waals surface area (Å²) in [6.07, 6.45) is 0. The monoisotopic (exact) mass is 350 g/mol. The summed E-state index contributed by atoms with van der Waals surface area (Å²) < 4.78 is -1.29. The van der Waals surface area contributed by atoms with Gasteiger partial charge in [0.05, 0.1) is 0 Å². The number of hydrogen-bond donors (Lipinski definition) is 0. The molecule has 0 amide bonds. The van der Waals surface area contributed by atoms with E-state index >= 15 is 0 Å². The minimum absolute atomic E-state index is 0.872. The van der Waals surface area contributed by atoms with Crippen molar-refractivity contribution in [3.8, 4) is 0 Å². The highest BCUT2D eigenvalue weighted by molar-refractivity contribution is 9.74. The lowest BCUT2D eigenvalue weighted by Gasteiger charge is -2.18. The molecular formula is C3H10BBr3Si2. The van der Waals surface area contributed by atoms with Gasteiger partial charge in [0, 0.05) is 7.94 Å². The van der Waals surface area contributed by atoms with Crippen LogP contribution >= 0.6 is 45.9 Å². The highest BCUT2D eigenvalue weighted by Gasteiger charge is 2.31. The Morgan fingerprint density at radius 3 is 1.33 bits per heavy atom. The molecule has 6 heteroatoms. The third kappa shape index (κ3) is 9.94. The maximum Gasteiger partial charge on any atom is 0.228 e. The van der Waals surface area contributed by atoms with Crippen molar-refractivity contribution in [1.29, 1.82) is 0 Å². The van der Waals surface area contributed by atoms with Gasteiger partial charge in [-0.3, -0.25) is 0 Å². The van der Waals surface area contributed by atoms with Crippen molar-refractivity contribution in [1.82, 2.24) is 0 Å². The van der Waals surface area contributed by atoms with Crippen molar-refractivity contribution in [2.24, 2.45) is 0 Å². The van der Waals surface area contributed by atoms with E-state index in [1.165, 1.54) is 6.46 Å². The summed E-state index contributed by atoms with van der Waals surface area (Å²) in [6.45, 7) is 8.44. The van der Waals surface area contributed by atoms with Gasteiger partial charge >= 0.3 is 0 Å². The van der Waals surface area contributed by atoms with Crippen LogP contribution in [0.1, 0.15) is 0 Å². The maximum absolute atomic E-state index is 3.62. The van der Waals surface area contributed by atoms with Gasteiger partial charge in [0.1, 0.15) is 0 Å². The molecule has 0 aromatic rings. The fourth-order valence-electron chi connectivity index (χ4n) is 0.601. The SMILES string of the molecule is C[Si](C)(C)B[Si](Br)(Br)Br. The molecule has 0 nitrogen and oxygen atoms in total. The number of halogens is 3. The second-order valence-corrected chi connectivity index (χ2v) is 32.9. The molecule has 0 fully saturated rings. The average molecular weight is 353 g/mol. The molecule has 0 N–H and O–H groups in total. The van der Waals surface area contributed by atoms with Crippen LogP contribution in [0, 0.1) is 0 Å². The molecule has 0 rings (SSSR count). The van der Waals surface area contributed by atoms with Crippen molar-refractivity contribution in [2.45, 2.75) is 19.6 Å². The van der Waals surface area contributed by atoms with Gasteiger partial charge in [0.2, 0.25) is 3.80 Å². The first-order valence-electron chi connectivity index (χ1n) is 2.77. The fraction of sp³-hybridized carbons (Fsp3) is 1.00. The van der Waals surface area contributed by atoms with E-state index in [-0.39, 0.29) is 0 Å². The first-order valence-corrected chi connectivity index (χ1v) is 15.5. The minimum Gasteiger partial charge on any atom is -0.106 e. The molecule has 54 valence electrons. The summed E-state index contributed by atoms with van der Waals surface area (Å²) in [5, 5.41) is 0. The Morgan fingerprint density at radius 2 is 1.33 bits per heavy atom. The van der Waals surface area contributed by atoms with Crippen LogP contribution in [0.25, 0.3) is 0 Å². The normalized spacial score (nSPS) is 13.6. The lowest BCUT2D eigenvalue weighted by atomic mass is 10.7. The van der Waals surface area contributed by atoms with Gasteiger partial charge in [-0.25, -0.2) is 0 Å². The van der Waals surface area contributed by atoms with Crippen LogP contribution in [0.5, 0.6) is 0 Å². The topological polar surface area (TPSA) is 0 Å². The Morgan fingerprint density at radius 1 is 1.00 bits per heavy atom. The van der Waals surface area contributed by atoms with E-state index in [4.69, 9.17) is 0 Å². The van der Waals surface area contributed by atoms with E-state index in [2.05, 4.69) is 65.5 Å². The first-order chi connectivity index (χ1) is 3.71. The standard InChI is InChI=1S/C3H10BBr3Si2/c1-8(2,3)4-9(5,6)7/h4H,1-3H3. The Hall–Kier alpha value is 1.94. The maximum atomic E-state index is 3.62. The number of rotatable bonds is 2. The number of hydrogen-bond acceptors (Lipinski definition) is 0. The smallest absolute Gasteiger partial charge is 0.106 e. The second kappa shape index (κ2) is 3.56. The van der Waals surface area contributed by atoms with Crippen LogP contribution in [-0.2, 0) is 0 Å². The molecule has 0 bridgehead atoms. The molecule has 0 saturated carbocycles. The largest absolute Gasteiger partial charge is 0.228 e. The first kappa shape index (κ1) is 10.9. The van der Waals surface area contributed by atoms with E-state index in [1.54, 1.807) is 0 Å². The van der Waals surface area contributed by atoms with Crippen molar-refractivity contribution >= 4 is 64.1 Å². The summed E-state index contributed by atoms with van der Waals surface area (Å²) in [7, 11) is -0.872. The van der Waals surface area contributed by atoms with Crippen molar-refractivity contribution < 1.29 is 0 Å². The van der Waals surface area contributed by atoms with E-state index in [0.29, 0.717) is 0 Å². The summed E-state index contributed by atoms with van der Waals surface area (Å²) in [5.74, 6) is 0. The lowest BCUT2D eigenvalue weighted by Crippen LogP contribution is -2.41. The Kier molecular flexibility index (Phi) is 4.32. The van der Waals surface area contributed by atoms with E-state index in [1.807, 2.05) is 0 Å². The molecule has 0 aliphatic heterocycles. The minimum atomic E-state index is -1.29. The molecule has 0 saturated heterocycles. The second-order valence-electron chi connectivity index (χ2n) is 3.35. The fourth-order valence-corrected chi connectivity index (χ4v) is 28.1. The van der Waals surface area contributed by atoms with E-state index in [0.717, 1.165) is 0 Å². The average Bonchev–Trinajstić information content (AvgIpc) is 1.14. The summed E-state index contributed by atoms with van der Waals surface area (Å²) in [4.78, 5) is 0. The molecule has 0 radical (unpaired) electrons. The van der Waals surface area contributed by atoms with Gasteiger partial charge in [-0.05, 0) is 0 Å². The molecule has 0 aliphatic carbocycles. The predicted octanol–water partition coefficient (Wildman–Crippen LogP) is 2.88. The molecule has 0 unspecified atom stereocenters. The Bertz CT molecular complexity index is 82.2. The van der Waals surface area contributed by atoms with Crippen LogP contribution in [0.4, 0.5) is 0 Å². The van der Waals surface area contributed by atoms with Gasteiger partial charge in [0.25, 0.3) is 0 Å². The van der Waals surface area contributed by atoms with Gasteiger partial charge in [-0.15, -0.1) is 45.9 Å². The molecule has 0 atom stereocenters. The molecule has 0 aromatic carbocycles. The Balaban J connectivity index is 3.75. The van der Waals surface area contributed by atoms with Gasteiger partial charge in [-0.1, -0.05) is 19.6 Å². The van der Waals surface area contributed by atoms with Crippen LogP contribution in [-0.4, -0.2) is 18.2 Å². The van der Waals surface area contributed by atoms with Crippen molar-refractivity contribution in [3.63, 3.8) is 0 Å². The highest BCUT2D eigenvalue weighted by atomic mass is 80.0. The molecule has 0 heterocycles. The molecule has 0 aromatic heterocycles. The molecule has 0 aliphatic rings. The van der Waals surface area contributed by atoms with Crippen molar-refractivity contribution in [3.05, 3.63) is 0 Å². The third-order valence-electron chi connectivity index (χ3n) is 0.731. The van der Waals surface area contributed by atoms with E-state index in [9.17, 15) is 0 Å². The van der Waals surface area contributed by atoms with Gasteiger partial charge < -0.3 is 0 Å². The summed E-state index contributed by atoms with van der Waals surface area (Å²) in [6, 6.07) is 0. The third-order valence-corrected chi connectivity index (χ3v) is 14.1. The molecule has 0 spiro atoms. The quantitative estimate of drug-likeness (QED) is 0.529. The summed E-state index contributed by atoms with van der Waals surface area (Å²) >= 11 is 10.9. The van der Waals surface area contributed by atoms with Crippen LogP contribution in [0.2, 0.25) is 19.6 Å². The zero-order chi connectivity index (χ0) is 7.71. The predicted molar refractivity (Wildman–Crippen MR) is 63.0 cm³/mol. The lowest BCUT2D eigenvalue weighted by molar-refractivity contribution is 1.86. The molecular weight excluding hydrogens is 343 g/mol. The highest BCUT2D eigenvalue weighted by Crippen LogP contribution is 2.28. The summed E-state index contributed by atoms with van der Waals surface area (Å²) in [5.41, 5.74) is 0. The van der Waals surface area contributed by atoms with Crippen LogP contribution in [0.15, 0.2) is 0 Å². The van der Waals surface area contributed by atoms with Crippen molar-refractivity contribution in [2.75, 3.05) is 0 Å². The Labute approximate surface area is 83.0 Å². The van der Waals surface area contributed by atoms with Crippen LogP contribution in [0.3, 0.4) is 0 Å².